The summed E-state index contributed by atoms with van der Waals surface area (Å²) in [6.45, 7) is 3.34. The molecule has 1 N–H and O–H groups in total. The minimum atomic E-state index is -0.626. The normalized spacial score (nSPS) is 20.0. The highest BCUT2D eigenvalue weighted by molar-refractivity contribution is 5.94. The van der Waals surface area contributed by atoms with E-state index in [4.69, 9.17) is 0 Å². The largest absolute Gasteiger partial charge is 0.390 e. The molecule has 2 aromatic rings. The van der Waals surface area contributed by atoms with Crippen LogP contribution in [0.25, 0.3) is 0 Å². The standard InChI is InChI=1S/C23H30FN3O2/c1-25(2)14-15-27(23(29)19-8-10-20(24)11-9-19)21-12-13-26(17-22(21)28)16-18-6-4-3-5-7-18/h3-11,21-22,28H,12-17H2,1-2H3. The predicted molar refractivity (Wildman–Crippen MR) is 112 cm³/mol. The lowest BCUT2D eigenvalue weighted by molar-refractivity contribution is -0.0116. The van der Waals surface area contributed by atoms with E-state index < -0.39 is 6.10 Å². The number of rotatable bonds is 7. The minimum Gasteiger partial charge on any atom is -0.390 e. The molecule has 1 aliphatic rings. The van der Waals surface area contributed by atoms with Crippen molar-refractivity contribution >= 4 is 5.91 Å². The summed E-state index contributed by atoms with van der Waals surface area (Å²) in [5, 5.41) is 10.9. The number of halogens is 1. The van der Waals surface area contributed by atoms with E-state index in [9.17, 15) is 14.3 Å². The molecule has 1 saturated heterocycles. The maximum Gasteiger partial charge on any atom is 0.254 e. The van der Waals surface area contributed by atoms with Gasteiger partial charge in [-0.2, -0.15) is 0 Å². The Kier molecular flexibility index (Phi) is 7.36. The number of likely N-dealkylation sites (N-methyl/N-ethyl adjacent to an activating group) is 1. The number of amides is 1. The third-order valence-corrected chi connectivity index (χ3v) is 5.42. The fourth-order valence-corrected chi connectivity index (χ4v) is 3.82. The first-order chi connectivity index (χ1) is 13.9. The molecule has 29 heavy (non-hydrogen) atoms. The Balaban J connectivity index is 1.70. The van der Waals surface area contributed by atoms with Crippen LogP contribution < -0.4 is 0 Å². The number of benzene rings is 2. The number of carbonyl (C=O) groups is 1. The van der Waals surface area contributed by atoms with E-state index in [0.29, 0.717) is 31.6 Å². The molecule has 3 rings (SSSR count). The van der Waals surface area contributed by atoms with Crippen LogP contribution in [0.5, 0.6) is 0 Å². The molecule has 0 radical (unpaired) electrons. The second kappa shape index (κ2) is 9.96. The average Bonchev–Trinajstić information content (AvgIpc) is 2.70. The zero-order valence-corrected chi connectivity index (χ0v) is 17.2. The fraction of sp³-hybridized carbons (Fsp3) is 0.435. The van der Waals surface area contributed by atoms with Gasteiger partial charge in [0.2, 0.25) is 0 Å². The Morgan fingerprint density at radius 1 is 1.10 bits per heavy atom. The predicted octanol–water partition coefficient (Wildman–Crippen LogP) is 2.46. The number of β-amino-alcohol motifs (C(OH)–C–C–N with tert-alkyl or cyclic N) is 1. The number of aliphatic hydroxyl groups is 1. The second-order valence-corrected chi connectivity index (χ2v) is 7.95. The Morgan fingerprint density at radius 2 is 1.79 bits per heavy atom. The Labute approximate surface area is 172 Å². The summed E-state index contributed by atoms with van der Waals surface area (Å²) in [6.07, 6.45) is 0.0768. The highest BCUT2D eigenvalue weighted by Gasteiger charge is 2.34. The summed E-state index contributed by atoms with van der Waals surface area (Å²) in [7, 11) is 3.92. The number of hydrogen-bond donors (Lipinski definition) is 1. The van der Waals surface area contributed by atoms with E-state index in [1.807, 2.05) is 37.2 Å². The van der Waals surface area contributed by atoms with Crippen LogP contribution >= 0.6 is 0 Å². The van der Waals surface area contributed by atoms with Crippen LogP contribution in [0.2, 0.25) is 0 Å². The van der Waals surface area contributed by atoms with E-state index in [-0.39, 0.29) is 17.8 Å². The molecule has 1 heterocycles. The van der Waals surface area contributed by atoms with Gasteiger partial charge in [0, 0.05) is 38.3 Å². The number of nitrogens with zero attached hydrogens (tertiary/aromatic N) is 3. The van der Waals surface area contributed by atoms with Gasteiger partial charge in [0.15, 0.2) is 0 Å². The molecule has 0 spiro atoms. The monoisotopic (exact) mass is 399 g/mol. The minimum absolute atomic E-state index is 0.160. The van der Waals surface area contributed by atoms with Gasteiger partial charge in [-0.3, -0.25) is 9.69 Å². The highest BCUT2D eigenvalue weighted by Crippen LogP contribution is 2.21. The summed E-state index contributed by atoms with van der Waals surface area (Å²) in [4.78, 5) is 19.1. The first-order valence-corrected chi connectivity index (χ1v) is 10.1. The Morgan fingerprint density at radius 3 is 2.41 bits per heavy atom. The SMILES string of the molecule is CN(C)CCN(C(=O)c1ccc(F)cc1)C1CCN(Cc2ccccc2)CC1O. The molecule has 0 aromatic heterocycles. The van der Waals surface area contributed by atoms with Gasteiger partial charge in [-0.1, -0.05) is 30.3 Å². The van der Waals surface area contributed by atoms with Gasteiger partial charge in [0.25, 0.3) is 5.91 Å². The molecule has 1 aliphatic heterocycles. The van der Waals surface area contributed by atoms with Crippen molar-refractivity contribution in [2.75, 3.05) is 40.3 Å². The highest BCUT2D eigenvalue weighted by atomic mass is 19.1. The van der Waals surface area contributed by atoms with E-state index in [1.54, 1.807) is 4.90 Å². The molecule has 0 saturated carbocycles. The lowest BCUT2D eigenvalue weighted by Crippen LogP contribution is -2.56. The number of likely N-dealkylation sites (tertiary alicyclic amines) is 1. The molecule has 2 atom stereocenters. The first-order valence-electron chi connectivity index (χ1n) is 10.1. The van der Waals surface area contributed by atoms with Crippen molar-refractivity contribution in [1.82, 2.24) is 14.7 Å². The molecule has 0 bridgehead atoms. The van der Waals surface area contributed by atoms with Crippen molar-refractivity contribution in [3.63, 3.8) is 0 Å². The first kappa shape index (κ1) is 21.4. The Hall–Kier alpha value is -2.28. The van der Waals surface area contributed by atoms with Crippen molar-refractivity contribution in [3.8, 4) is 0 Å². The van der Waals surface area contributed by atoms with Crippen molar-refractivity contribution in [2.24, 2.45) is 0 Å². The second-order valence-electron chi connectivity index (χ2n) is 7.95. The molecule has 0 aliphatic carbocycles. The van der Waals surface area contributed by atoms with Crippen LogP contribution in [0.3, 0.4) is 0 Å². The van der Waals surface area contributed by atoms with Gasteiger partial charge >= 0.3 is 0 Å². The van der Waals surface area contributed by atoms with Gasteiger partial charge in [0.05, 0.1) is 12.1 Å². The molecule has 1 fully saturated rings. The van der Waals surface area contributed by atoms with Crippen molar-refractivity contribution in [1.29, 1.82) is 0 Å². The summed E-state index contributed by atoms with van der Waals surface area (Å²) >= 11 is 0. The zero-order valence-electron chi connectivity index (χ0n) is 17.2. The average molecular weight is 400 g/mol. The van der Waals surface area contributed by atoms with Crippen molar-refractivity contribution in [3.05, 3.63) is 71.5 Å². The number of aliphatic hydroxyl groups excluding tert-OH is 1. The summed E-state index contributed by atoms with van der Waals surface area (Å²) in [5.41, 5.74) is 1.66. The van der Waals surface area contributed by atoms with E-state index in [2.05, 4.69) is 17.0 Å². The molecule has 156 valence electrons. The molecular weight excluding hydrogens is 369 g/mol. The number of hydrogen-bond acceptors (Lipinski definition) is 4. The van der Waals surface area contributed by atoms with Crippen LogP contribution in [-0.2, 0) is 6.54 Å². The Bertz CT molecular complexity index is 782. The molecular formula is C23H30FN3O2. The number of piperidine rings is 1. The summed E-state index contributed by atoms with van der Waals surface area (Å²) in [5.74, 6) is -0.525. The fourth-order valence-electron chi connectivity index (χ4n) is 3.82. The van der Waals surface area contributed by atoms with Gasteiger partial charge < -0.3 is 14.9 Å². The molecule has 2 aromatic carbocycles. The summed E-state index contributed by atoms with van der Waals surface area (Å²) in [6, 6.07) is 15.6. The zero-order chi connectivity index (χ0) is 20.8. The van der Waals surface area contributed by atoms with E-state index >= 15 is 0 Å². The van der Waals surface area contributed by atoms with Crippen LogP contribution in [0.1, 0.15) is 22.3 Å². The van der Waals surface area contributed by atoms with Crippen LogP contribution in [0.4, 0.5) is 4.39 Å². The smallest absolute Gasteiger partial charge is 0.254 e. The lowest BCUT2D eigenvalue weighted by Gasteiger charge is -2.42. The van der Waals surface area contributed by atoms with Crippen LogP contribution in [-0.4, -0.2) is 78.1 Å². The molecule has 1 amide bonds. The van der Waals surface area contributed by atoms with Gasteiger partial charge in [-0.25, -0.2) is 4.39 Å². The van der Waals surface area contributed by atoms with Crippen molar-refractivity contribution in [2.45, 2.75) is 25.1 Å². The summed E-state index contributed by atoms with van der Waals surface area (Å²) < 4.78 is 13.3. The molecule has 5 nitrogen and oxygen atoms in total. The molecule has 6 heteroatoms. The molecule has 2 unspecified atom stereocenters. The topological polar surface area (TPSA) is 47.0 Å². The third-order valence-electron chi connectivity index (χ3n) is 5.42. The number of carbonyl (C=O) groups excluding carboxylic acids is 1. The van der Waals surface area contributed by atoms with Gasteiger partial charge in [0.1, 0.15) is 5.82 Å². The maximum atomic E-state index is 13.3. The van der Waals surface area contributed by atoms with E-state index in [1.165, 1.54) is 29.8 Å². The van der Waals surface area contributed by atoms with Crippen molar-refractivity contribution < 1.29 is 14.3 Å². The van der Waals surface area contributed by atoms with Gasteiger partial charge in [-0.05, 0) is 50.3 Å². The van der Waals surface area contributed by atoms with Gasteiger partial charge in [-0.15, -0.1) is 0 Å². The third kappa shape index (κ3) is 5.85. The maximum absolute atomic E-state index is 13.3. The van der Waals surface area contributed by atoms with Crippen LogP contribution in [0.15, 0.2) is 54.6 Å². The van der Waals surface area contributed by atoms with E-state index in [0.717, 1.165) is 13.1 Å². The van der Waals surface area contributed by atoms with Crippen LogP contribution in [0, 0.1) is 5.82 Å². The quantitative estimate of drug-likeness (QED) is 0.777. The lowest BCUT2D eigenvalue weighted by atomic mass is 9.98.